The van der Waals surface area contributed by atoms with Crippen LogP contribution in [0, 0.1) is 13.8 Å². The van der Waals surface area contributed by atoms with Gasteiger partial charge in [0.05, 0.1) is 11.2 Å². The fraction of sp³-hybridized carbons (Fsp3) is 0.450. The van der Waals surface area contributed by atoms with Gasteiger partial charge in [-0.05, 0) is 49.6 Å². The smallest absolute Gasteiger partial charge is 0.240 e. The first-order chi connectivity index (χ1) is 13.9. The van der Waals surface area contributed by atoms with E-state index in [9.17, 15) is 8.42 Å². The van der Waals surface area contributed by atoms with Crippen molar-refractivity contribution in [1.29, 1.82) is 0 Å². The molecule has 1 aromatic heterocycles. The Balaban J connectivity index is 0.00000450. The summed E-state index contributed by atoms with van der Waals surface area (Å²) in [5.74, 6) is 1.42. The average Bonchev–Trinajstić information content (AvgIpc) is 3.21. The Labute approximate surface area is 195 Å². The molecule has 0 fully saturated rings. The van der Waals surface area contributed by atoms with Crippen LogP contribution in [0.15, 0.2) is 50.9 Å². The Morgan fingerprint density at radius 1 is 1.13 bits per heavy atom. The number of nitrogens with one attached hydrogen (secondary N) is 3. The van der Waals surface area contributed by atoms with Gasteiger partial charge >= 0.3 is 0 Å². The molecule has 8 nitrogen and oxygen atoms in total. The highest BCUT2D eigenvalue weighted by atomic mass is 127. The molecule has 0 bridgehead atoms. The molecule has 1 aromatic carbocycles. The minimum Gasteiger partial charge on any atom is -0.467 e. The summed E-state index contributed by atoms with van der Waals surface area (Å²) in [6, 6.07) is 9.09. The summed E-state index contributed by atoms with van der Waals surface area (Å²) in [4.78, 5) is 4.44. The molecule has 1 heterocycles. The summed E-state index contributed by atoms with van der Waals surface area (Å²) in [7, 11) is -1.87. The molecule has 0 amide bonds. The van der Waals surface area contributed by atoms with Crippen LogP contribution in [0.25, 0.3) is 0 Å². The number of hydrogen-bond acceptors (Lipinski definition) is 5. The maximum absolute atomic E-state index is 12.5. The van der Waals surface area contributed by atoms with Gasteiger partial charge in [0, 0.05) is 33.3 Å². The Morgan fingerprint density at radius 3 is 2.60 bits per heavy atom. The van der Waals surface area contributed by atoms with Crippen molar-refractivity contribution in [2.45, 2.75) is 31.8 Å². The van der Waals surface area contributed by atoms with Gasteiger partial charge in [0.2, 0.25) is 10.0 Å². The van der Waals surface area contributed by atoms with Crippen LogP contribution in [-0.4, -0.2) is 47.7 Å². The van der Waals surface area contributed by atoms with Crippen molar-refractivity contribution in [1.82, 2.24) is 15.4 Å². The zero-order chi connectivity index (χ0) is 21.1. The Bertz CT molecular complexity index is 886. The highest BCUT2D eigenvalue weighted by Gasteiger charge is 2.16. The average molecular weight is 550 g/mol. The lowest BCUT2D eigenvalue weighted by atomic mass is 10.2. The Morgan fingerprint density at radius 2 is 1.90 bits per heavy atom. The summed E-state index contributed by atoms with van der Waals surface area (Å²) in [5.41, 5.74) is 1.63. The van der Waals surface area contributed by atoms with Crippen molar-refractivity contribution in [2.75, 3.05) is 33.3 Å². The van der Waals surface area contributed by atoms with E-state index in [1.165, 1.54) is 0 Å². The fourth-order valence-corrected chi connectivity index (χ4v) is 3.97. The lowest BCUT2D eigenvalue weighted by molar-refractivity contribution is 0.105. The van der Waals surface area contributed by atoms with E-state index in [0.29, 0.717) is 37.2 Å². The third-order valence-electron chi connectivity index (χ3n) is 4.15. The van der Waals surface area contributed by atoms with Crippen molar-refractivity contribution in [3.05, 3.63) is 53.5 Å². The van der Waals surface area contributed by atoms with E-state index in [2.05, 4.69) is 20.3 Å². The lowest BCUT2D eigenvalue weighted by Gasteiger charge is -2.13. The SMILES string of the molecule is CN=C(NCCCOCc1ccco1)NCCNS(=O)(=O)c1cc(C)ccc1C.I. The van der Waals surface area contributed by atoms with E-state index in [4.69, 9.17) is 9.15 Å². The first-order valence-electron chi connectivity index (χ1n) is 9.54. The van der Waals surface area contributed by atoms with E-state index in [1.54, 1.807) is 26.3 Å². The molecule has 0 atom stereocenters. The monoisotopic (exact) mass is 550 g/mol. The summed E-state index contributed by atoms with van der Waals surface area (Å²) >= 11 is 0. The molecular formula is C20H31IN4O4S. The molecular weight excluding hydrogens is 519 g/mol. The maximum atomic E-state index is 12.5. The van der Waals surface area contributed by atoms with Gasteiger partial charge in [0.1, 0.15) is 12.4 Å². The molecule has 3 N–H and O–H groups in total. The minimum absolute atomic E-state index is 0. The third kappa shape index (κ3) is 9.02. The lowest BCUT2D eigenvalue weighted by Crippen LogP contribution is -2.42. The molecule has 0 radical (unpaired) electrons. The first-order valence-corrected chi connectivity index (χ1v) is 11.0. The maximum Gasteiger partial charge on any atom is 0.240 e. The van der Waals surface area contributed by atoms with E-state index >= 15 is 0 Å². The van der Waals surface area contributed by atoms with Crippen LogP contribution in [0.4, 0.5) is 0 Å². The van der Waals surface area contributed by atoms with Crippen molar-refractivity contribution in [2.24, 2.45) is 4.99 Å². The molecule has 0 aliphatic rings. The van der Waals surface area contributed by atoms with E-state index in [-0.39, 0.29) is 30.5 Å². The van der Waals surface area contributed by atoms with E-state index in [0.717, 1.165) is 23.3 Å². The van der Waals surface area contributed by atoms with Crippen LogP contribution in [0.5, 0.6) is 0 Å². The predicted octanol–water partition coefficient (Wildman–Crippen LogP) is 2.56. The van der Waals surface area contributed by atoms with Crippen molar-refractivity contribution < 1.29 is 17.6 Å². The standard InChI is InChI=1S/C20H30N4O4S.HI/c1-16-7-8-17(2)19(14-16)29(25,26)24-11-10-23-20(21-3)22-9-5-12-27-15-18-6-4-13-28-18;/h4,6-8,13-14,24H,5,9-12,15H2,1-3H3,(H2,21,22,23);1H. The first kappa shape index (κ1) is 26.4. The molecule has 30 heavy (non-hydrogen) atoms. The molecule has 2 aromatic rings. The van der Waals surface area contributed by atoms with Gasteiger partial charge in [0.15, 0.2) is 5.96 Å². The Kier molecular flexibility index (Phi) is 12.0. The number of furan rings is 1. The zero-order valence-electron chi connectivity index (χ0n) is 17.6. The molecule has 0 spiro atoms. The third-order valence-corrected chi connectivity index (χ3v) is 5.75. The number of benzene rings is 1. The number of guanidine groups is 1. The molecule has 0 aliphatic heterocycles. The van der Waals surface area contributed by atoms with Crippen LogP contribution >= 0.6 is 24.0 Å². The number of rotatable bonds is 11. The van der Waals surface area contributed by atoms with Crippen LogP contribution < -0.4 is 15.4 Å². The zero-order valence-corrected chi connectivity index (χ0v) is 20.8. The van der Waals surface area contributed by atoms with Crippen molar-refractivity contribution >= 4 is 40.0 Å². The van der Waals surface area contributed by atoms with Crippen molar-refractivity contribution in [3.8, 4) is 0 Å². The summed E-state index contributed by atoms with van der Waals surface area (Å²) in [6.07, 6.45) is 2.43. The second-order valence-electron chi connectivity index (χ2n) is 6.58. The number of sulfonamides is 1. The molecule has 168 valence electrons. The summed E-state index contributed by atoms with van der Waals surface area (Å²) in [5, 5.41) is 6.26. The number of ether oxygens (including phenoxy) is 1. The van der Waals surface area contributed by atoms with Crippen LogP contribution in [0.1, 0.15) is 23.3 Å². The van der Waals surface area contributed by atoms with E-state index < -0.39 is 10.0 Å². The van der Waals surface area contributed by atoms with Gasteiger partial charge in [-0.3, -0.25) is 4.99 Å². The second-order valence-corrected chi connectivity index (χ2v) is 8.31. The number of hydrogen-bond donors (Lipinski definition) is 3. The molecule has 0 saturated heterocycles. The number of aliphatic imine (C=N–C) groups is 1. The van der Waals surface area contributed by atoms with Gasteiger partial charge in [-0.15, -0.1) is 24.0 Å². The van der Waals surface area contributed by atoms with Gasteiger partial charge in [0.25, 0.3) is 0 Å². The van der Waals surface area contributed by atoms with Crippen LogP contribution in [-0.2, 0) is 21.4 Å². The topological polar surface area (TPSA) is 105 Å². The number of aryl methyl sites for hydroxylation is 2. The summed E-state index contributed by atoms with van der Waals surface area (Å²) < 4.78 is 38.3. The number of nitrogens with zero attached hydrogens (tertiary/aromatic N) is 1. The second kappa shape index (κ2) is 13.6. The molecule has 2 rings (SSSR count). The number of halogens is 1. The Hall–Kier alpha value is -1.63. The van der Waals surface area contributed by atoms with Gasteiger partial charge in [-0.2, -0.15) is 0 Å². The fourth-order valence-electron chi connectivity index (χ4n) is 2.61. The molecule has 0 saturated carbocycles. The molecule has 0 aliphatic carbocycles. The van der Waals surface area contributed by atoms with Gasteiger partial charge < -0.3 is 19.8 Å². The predicted molar refractivity (Wildman–Crippen MR) is 129 cm³/mol. The quantitative estimate of drug-likeness (QED) is 0.172. The van der Waals surface area contributed by atoms with E-state index in [1.807, 2.05) is 31.2 Å². The highest BCUT2D eigenvalue weighted by Crippen LogP contribution is 2.16. The van der Waals surface area contributed by atoms with Gasteiger partial charge in [-0.1, -0.05) is 12.1 Å². The minimum atomic E-state index is -3.54. The largest absolute Gasteiger partial charge is 0.467 e. The highest BCUT2D eigenvalue weighted by molar-refractivity contribution is 14.0. The van der Waals surface area contributed by atoms with Crippen LogP contribution in [0.3, 0.4) is 0 Å². The molecule has 10 heteroatoms. The van der Waals surface area contributed by atoms with Crippen LogP contribution in [0.2, 0.25) is 0 Å². The van der Waals surface area contributed by atoms with Crippen molar-refractivity contribution in [3.63, 3.8) is 0 Å². The molecule has 0 unspecified atom stereocenters. The normalized spacial score (nSPS) is 11.8. The van der Waals surface area contributed by atoms with Gasteiger partial charge in [-0.25, -0.2) is 13.1 Å². The summed E-state index contributed by atoms with van der Waals surface area (Å²) in [6.45, 7) is 6.07.